The molecule has 1 fully saturated rings. The van der Waals surface area contributed by atoms with E-state index in [2.05, 4.69) is 21.1 Å². The van der Waals surface area contributed by atoms with E-state index in [1.807, 2.05) is 10.3 Å². The highest BCUT2D eigenvalue weighted by Gasteiger charge is 2.33. The van der Waals surface area contributed by atoms with Crippen molar-refractivity contribution in [1.82, 2.24) is 9.62 Å². The van der Waals surface area contributed by atoms with Crippen molar-refractivity contribution in [2.45, 2.75) is 30.2 Å². The highest BCUT2D eigenvalue weighted by atomic mass is 32.2. The summed E-state index contributed by atoms with van der Waals surface area (Å²) in [5, 5.41) is 4.11. The average Bonchev–Trinajstić information content (AvgIpc) is 3.43. The Kier molecular flexibility index (Phi) is 5.40. The zero-order valence-corrected chi connectivity index (χ0v) is 18.3. The second-order valence-electron chi connectivity index (χ2n) is 7.96. The molecule has 0 radical (unpaired) electrons. The summed E-state index contributed by atoms with van der Waals surface area (Å²) in [6.07, 6.45) is 1.76. The number of thiophene rings is 1. The van der Waals surface area contributed by atoms with Gasteiger partial charge in [-0.2, -0.15) is 11.3 Å². The van der Waals surface area contributed by atoms with Gasteiger partial charge in [0, 0.05) is 38.6 Å². The zero-order valence-electron chi connectivity index (χ0n) is 16.7. The van der Waals surface area contributed by atoms with Crippen LogP contribution < -0.4 is 9.62 Å². The third-order valence-corrected chi connectivity index (χ3v) is 8.32. The molecule has 7 nitrogen and oxygen atoms in total. The van der Waals surface area contributed by atoms with Crippen molar-refractivity contribution in [1.29, 1.82) is 0 Å². The van der Waals surface area contributed by atoms with Crippen LogP contribution in [0.2, 0.25) is 0 Å². The summed E-state index contributed by atoms with van der Waals surface area (Å²) in [5.41, 5.74) is 3.99. The first-order valence-corrected chi connectivity index (χ1v) is 12.8. The molecule has 2 aromatic rings. The van der Waals surface area contributed by atoms with Crippen molar-refractivity contribution in [3.8, 4) is 0 Å². The molecule has 0 aliphatic carbocycles. The van der Waals surface area contributed by atoms with E-state index in [0.717, 1.165) is 35.5 Å². The first-order valence-electron chi connectivity index (χ1n) is 10.3. The number of nitrogens with zero attached hydrogens (tertiary/aromatic N) is 2. The van der Waals surface area contributed by atoms with Crippen LogP contribution in [-0.2, 0) is 32.4 Å². The molecule has 9 heteroatoms. The summed E-state index contributed by atoms with van der Waals surface area (Å²) in [6.45, 7) is 3.86. The summed E-state index contributed by atoms with van der Waals surface area (Å²) < 4.78 is 34.7. The molecule has 1 amide bonds. The Hall–Kier alpha value is -1.78. The number of anilines is 1. The number of hydrogen-bond acceptors (Lipinski definition) is 6. The summed E-state index contributed by atoms with van der Waals surface area (Å²) >= 11 is 1.62. The maximum absolute atomic E-state index is 13.2. The molecule has 0 unspecified atom stereocenters. The van der Waals surface area contributed by atoms with E-state index in [-0.39, 0.29) is 11.9 Å². The van der Waals surface area contributed by atoms with E-state index in [9.17, 15) is 13.2 Å². The van der Waals surface area contributed by atoms with Crippen LogP contribution in [0, 0.1) is 0 Å². The Labute approximate surface area is 180 Å². The summed E-state index contributed by atoms with van der Waals surface area (Å²) in [5.74, 6) is 0.138. The number of amides is 1. The lowest BCUT2D eigenvalue weighted by molar-refractivity contribution is -0.118. The predicted molar refractivity (Wildman–Crippen MR) is 115 cm³/mol. The summed E-state index contributed by atoms with van der Waals surface area (Å²) in [4.78, 5) is 16.5. The van der Waals surface area contributed by atoms with Gasteiger partial charge in [-0.1, -0.05) is 0 Å². The molecule has 1 saturated heterocycles. The van der Waals surface area contributed by atoms with Crippen LogP contribution in [0.3, 0.4) is 0 Å². The smallest absolute Gasteiger partial charge is 0.240 e. The molecule has 0 saturated carbocycles. The highest BCUT2D eigenvalue weighted by Crippen LogP contribution is 2.38. The van der Waals surface area contributed by atoms with Gasteiger partial charge in [0.15, 0.2) is 0 Å². The van der Waals surface area contributed by atoms with Crippen molar-refractivity contribution in [3.63, 3.8) is 0 Å². The normalized spacial score (nSPS) is 20.4. The van der Waals surface area contributed by atoms with Gasteiger partial charge >= 0.3 is 0 Å². The molecule has 1 atom stereocenters. The minimum Gasteiger partial charge on any atom is -0.379 e. The molecule has 30 heavy (non-hydrogen) atoms. The van der Waals surface area contributed by atoms with Gasteiger partial charge < -0.3 is 9.64 Å². The zero-order chi connectivity index (χ0) is 20.7. The van der Waals surface area contributed by atoms with Gasteiger partial charge in [-0.05, 0) is 58.5 Å². The second kappa shape index (κ2) is 8.05. The van der Waals surface area contributed by atoms with Crippen molar-refractivity contribution in [2.75, 3.05) is 44.3 Å². The van der Waals surface area contributed by atoms with Crippen LogP contribution in [0.25, 0.3) is 0 Å². The van der Waals surface area contributed by atoms with E-state index in [1.165, 1.54) is 0 Å². The molecule has 4 heterocycles. The molecule has 160 valence electrons. The quantitative estimate of drug-likeness (QED) is 0.732. The van der Waals surface area contributed by atoms with Gasteiger partial charge in [-0.15, -0.1) is 0 Å². The number of nitrogens with one attached hydrogen (secondary N) is 1. The first kappa shape index (κ1) is 20.1. The molecule has 3 aliphatic rings. The second-order valence-corrected chi connectivity index (χ2v) is 10.5. The fraction of sp³-hybridized carbons (Fsp3) is 0.476. The maximum atomic E-state index is 13.2. The minimum atomic E-state index is -3.65. The molecule has 3 aliphatic heterocycles. The van der Waals surface area contributed by atoms with E-state index in [0.29, 0.717) is 50.5 Å². The minimum absolute atomic E-state index is 0.0178. The lowest BCUT2D eigenvalue weighted by Gasteiger charge is -2.34. The van der Waals surface area contributed by atoms with E-state index < -0.39 is 10.0 Å². The number of benzene rings is 1. The number of hydrogen-bond donors (Lipinski definition) is 1. The number of ether oxygens (including phenoxy) is 1. The molecule has 1 aromatic heterocycles. The van der Waals surface area contributed by atoms with E-state index in [4.69, 9.17) is 4.74 Å². The largest absolute Gasteiger partial charge is 0.379 e. The number of rotatable bonds is 6. The Morgan fingerprint density at radius 2 is 1.87 bits per heavy atom. The van der Waals surface area contributed by atoms with Crippen LogP contribution in [0.5, 0.6) is 0 Å². The monoisotopic (exact) mass is 447 g/mol. The fourth-order valence-electron chi connectivity index (χ4n) is 4.66. The van der Waals surface area contributed by atoms with Gasteiger partial charge in [0.2, 0.25) is 15.9 Å². The van der Waals surface area contributed by atoms with Gasteiger partial charge in [0.25, 0.3) is 0 Å². The average molecular weight is 448 g/mol. The number of carbonyl (C=O) groups excluding carboxylic acids is 1. The maximum Gasteiger partial charge on any atom is 0.240 e. The molecule has 0 bridgehead atoms. The molecular weight excluding hydrogens is 422 g/mol. The highest BCUT2D eigenvalue weighted by molar-refractivity contribution is 7.89. The Balaban J connectivity index is 1.38. The van der Waals surface area contributed by atoms with Crippen LogP contribution in [-0.4, -0.2) is 58.6 Å². The standard InChI is InChI=1S/C21H25N3O4S2/c25-20-2-1-15-11-18(12-16-3-5-24(20)21(15)16)30(26,27)22-13-19(17-4-10-29-14-17)23-6-8-28-9-7-23/h4,10-12,14,19,22H,1-3,5-9,13H2/t19-/m1/s1. The van der Waals surface area contributed by atoms with Crippen molar-refractivity contribution in [3.05, 3.63) is 45.6 Å². The van der Waals surface area contributed by atoms with Crippen molar-refractivity contribution in [2.24, 2.45) is 0 Å². The third kappa shape index (κ3) is 3.69. The lowest BCUT2D eigenvalue weighted by atomic mass is 10.00. The molecule has 0 spiro atoms. The van der Waals surface area contributed by atoms with Gasteiger partial charge in [0.05, 0.1) is 23.8 Å². The van der Waals surface area contributed by atoms with Gasteiger partial charge in [-0.3, -0.25) is 9.69 Å². The third-order valence-electron chi connectivity index (χ3n) is 6.22. The fourth-order valence-corrected chi connectivity index (χ4v) is 6.51. The number of morpholine rings is 1. The van der Waals surface area contributed by atoms with Crippen LogP contribution >= 0.6 is 11.3 Å². The van der Waals surface area contributed by atoms with Crippen molar-refractivity contribution >= 4 is 33.0 Å². The Morgan fingerprint density at radius 1 is 1.10 bits per heavy atom. The van der Waals surface area contributed by atoms with Gasteiger partial charge in [0.1, 0.15) is 0 Å². The summed E-state index contributed by atoms with van der Waals surface area (Å²) in [7, 11) is -3.65. The Morgan fingerprint density at radius 3 is 2.60 bits per heavy atom. The number of carbonyl (C=O) groups is 1. The number of aryl methyl sites for hydroxylation is 1. The van der Waals surface area contributed by atoms with Gasteiger partial charge in [-0.25, -0.2) is 13.1 Å². The van der Waals surface area contributed by atoms with Crippen molar-refractivity contribution < 1.29 is 17.9 Å². The predicted octanol–water partition coefficient (Wildman–Crippen LogP) is 1.94. The molecule has 5 rings (SSSR count). The molecular formula is C21H25N3O4S2. The van der Waals surface area contributed by atoms with E-state index in [1.54, 1.807) is 23.5 Å². The Bertz CT molecular complexity index is 1050. The molecule has 1 aromatic carbocycles. The SMILES string of the molecule is O=C1CCc2cc(S(=O)(=O)NC[C@H](c3ccsc3)N3CCOCC3)cc3c2N1CC3. The van der Waals surface area contributed by atoms with Crippen LogP contribution in [0.1, 0.15) is 29.2 Å². The molecule has 1 N–H and O–H groups in total. The summed E-state index contributed by atoms with van der Waals surface area (Å²) in [6, 6.07) is 5.54. The van der Waals surface area contributed by atoms with Crippen LogP contribution in [0.15, 0.2) is 33.9 Å². The topological polar surface area (TPSA) is 79.0 Å². The first-order chi connectivity index (χ1) is 14.5. The van der Waals surface area contributed by atoms with E-state index >= 15 is 0 Å². The lowest BCUT2D eigenvalue weighted by Crippen LogP contribution is -2.43. The number of sulfonamides is 1. The van der Waals surface area contributed by atoms with Crippen LogP contribution in [0.4, 0.5) is 5.69 Å².